The number of fused-ring (bicyclic) bond motifs is 1. The third kappa shape index (κ3) is 6.77. The lowest BCUT2D eigenvalue weighted by molar-refractivity contribution is -0.134. The summed E-state index contributed by atoms with van der Waals surface area (Å²) in [4.78, 5) is 48.0. The fourth-order valence-electron chi connectivity index (χ4n) is 4.81. The molecule has 3 amide bonds. The van der Waals surface area contributed by atoms with Crippen molar-refractivity contribution in [1.82, 2.24) is 25.4 Å². The van der Waals surface area contributed by atoms with Gasteiger partial charge in [0, 0.05) is 55.5 Å². The summed E-state index contributed by atoms with van der Waals surface area (Å²) in [6.45, 7) is 1.52. The Bertz CT molecular complexity index is 1180. The Morgan fingerprint density at radius 2 is 2.00 bits per heavy atom. The summed E-state index contributed by atoms with van der Waals surface area (Å²) in [5.74, 6) is -1.45. The Balaban J connectivity index is 1.43. The van der Waals surface area contributed by atoms with Crippen LogP contribution in [0.5, 0.6) is 0 Å². The molecule has 1 aromatic carbocycles. The molecule has 1 aliphatic heterocycles. The van der Waals surface area contributed by atoms with E-state index in [1.54, 1.807) is 19.0 Å². The van der Waals surface area contributed by atoms with Gasteiger partial charge >= 0.3 is 0 Å². The molecule has 0 bridgehead atoms. The number of hydrogen-bond acceptors (Lipinski definition) is 7. The number of carbonyl (C=O) groups is 3. The van der Waals surface area contributed by atoms with E-state index in [1.165, 1.54) is 29.5 Å². The molecule has 3 unspecified atom stereocenters. The van der Waals surface area contributed by atoms with Gasteiger partial charge in [-0.05, 0) is 44.5 Å². The van der Waals surface area contributed by atoms with Gasteiger partial charge in [-0.1, -0.05) is 11.6 Å². The number of nitrogens with zero attached hydrogens (tertiary/aromatic N) is 3. The molecule has 200 valence electrons. The Labute approximate surface area is 224 Å². The molecule has 3 atom stereocenters. The van der Waals surface area contributed by atoms with Crippen LogP contribution in [0.4, 0.5) is 10.1 Å². The number of carbonyl (C=O) groups excluding carboxylic acids is 3. The van der Waals surface area contributed by atoms with Crippen molar-refractivity contribution in [1.29, 1.82) is 0 Å². The molecule has 4 rings (SSSR count). The van der Waals surface area contributed by atoms with E-state index in [2.05, 4.69) is 25.8 Å². The van der Waals surface area contributed by atoms with E-state index in [1.807, 2.05) is 7.05 Å². The summed E-state index contributed by atoms with van der Waals surface area (Å²) in [5, 5.41) is 9.44. The first-order chi connectivity index (χ1) is 17.6. The molecular weight excluding hydrogens is 519 g/mol. The van der Waals surface area contributed by atoms with Crippen molar-refractivity contribution < 1.29 is 18.8 Å². The number of likely N-dealkylation sites (N-methyl/N-ethyl adjacent to an activating group) is 1. The van der Waals surface area contributed by atoms with Crippen LogP contribution >= 0.6 is 22.9 Å². The number of hydrogen-bond donors (Lipinski definition) is 3. The zero-order valence-electron chi connectivity index (χ0n) is 21.1. The first-order valence-electron chi connectivity index (χ1n) is 12.3. The van der Waals surface area contributed by atoms with Gasteiger partial charge in [0.05, 0.1) is 24.0 Å². The molecule has 2 aliphatic rings. The average Bonchev–Trinajstić information content (AvgIpc) is 3.27. The molecule has 1 aromatic heterocycles. The van der Waals surface area contributed by atoms with Crippen molar-refractivity contribution in [2.45, 2.75) is 44.3 Å². The van der Waals surface area contributed by atoms with Crippen LogP contribution in [0.15, 0.2) is 18.2 Å². The Morgan fingerprint density at radius 1 is 1.22 bits per heavy atom. The summed E-state index contributed by atoms with van der Waals surface area (Å²) in [5.41, 5.74) is 1.13. The number of rotatable bonds is 7. The van der Waals surface area contributed by atoms with Crippen LogP contribution in [0.3, 0.4) is 0 Å². The van der Waals surface area contributed by atoms with E-state index in [9.17, 15) is 18.8 Å². The van der Waals surface area contributed by atoms with E-state index in [0.717, 1.165) is 30.1 Å². The number of halogens is 2. The second-order valence-corrected chi connectivity index (χ2v) is 11.4. The van der Waals surface area contributed by atoms with Crippen molar-refractivity contribution in [2.24, 2.45) is 5.92 Å². The SMILES string of the molecule is CN1CCc2nc(C(=O)NC3CC(C(=O)N(C)C)CCC3NC(=O)CNc3ccc(Cl)cc3F)sc2C1. The molecule has 1 aliphatic carbocycles. The first-order valence-corrected chi connectivity index (χ1v) is 13.5. The molecule has 37 heavy (non-hydrogen) atoms. The van der Waals surface area contributed by atoms with Crippen molar-refractivity contribution in [3.05, 3.63) is 44.6 Å². The highest BCUT2D eigenvalue weighted by Crippen LogP contribution is 2.28. The van der Waals surface area contributed by atoms with Crippen LogP contribution in [0.25, 0.3) is 0 Å². The number of thiazole rings is 1. The molecule has 1 saturated carbocycles. The highest BCUT2D eigenvalue weighted by atomic mass is 35.5. The Morgan fingerprint density at radius 3 is 2.73 bits per heavy atom. The van der Waals surface area contributed by atoms with Crippen LogP contribution in [-0.2, 0) is 22.6 Å². The average molecular weight is 551 g/mol. The summed E-state index contributed by atoms with van der Waals surface area (Å²) in [6.07, 6.45) is 2.32. The van der Waals surface area contributed by atoms with Crippen molar-refractivity contribution >= 4 is 46.3 Å². The number of nitrogens with one attached hydrogen (secondary N) is 3. The van der Waals surface area contributed by atoms with E-state index in [-0.39, 0.29) is 46.9 Å². The van der Waals surface area contributed by atoms with Crippen LogP contribution in [-0.4, -0.2) is 78.8 Å². The summed E-state index contributed by atoms with van der Waals surface area (Å²) >= 11 is 7.17. The van der Waals surface area contributed by atoms with Gasteiger partial charge in [0.2, 0.25) is 11.8 Å². The molecule has 2 heterocycles. The fraction of sp³-hybridized carbons (Fsp3) is 0.520. The van der Waals surface area contributed by atoms with E-state index in [0.29, 0.717) is 24.3 Å². The summed E-state index contributed by atoms with van der Waals surface area (Å²) in [7, 11) is 5.46. The standard InChI is InChI=1S/C25H32ClFN6O3S/c1-32(2)25(36)14-4-6-18(29-22(34)12-28-17-7-5-15(26)11-16(17)27)20(10-14)30-23(35)24-31-19-8-9-33(3)13-21(19)37-24/h5,7,11,14,18,20,28H,4,6,8-10,12-13H2,1-3H3,(H,29,34)(H,30,35). The summed E-state index contributed by atoms with van der Waals surface area (Å²) in [6, 6.07) is 3.35. The molecule has 1 fully saturated rings. The van der Waals surface area contributed by atoms with Gasteiger partial charge in [-0.25, -0.2) is 9.37 Å². The van der Waals surface area contributed by atoms with Gasteiger partial charge < -0.3 is 25.8 Å². The van der Waals surface area contributed by atoms with Gasteiger partial charge in [-0.2, -0.15) is 0 Å². The topological polar surface area (TPSA) is 107 Å². The number of anilines is 1. The lowest BCUT2D eigenvalue weighted by atomic mass is 9.81. The molecule has 9 nitrogen and oxygen atoms in total. The van der Waals surface area contributed by atoms with E-state index >= 15 is 0 Å². The van der Waals surface area contributed by atoms with Crippen molar-refractivity contribution in [2.75, 3.05) is 39.5 Å². The summed E-state index contributed by atoms with van der Waals surface area (Å²) < 4.78 is 14.0. The third-order valence-electron chi connectivity index (χ3n) is 6.79. The quantitative estimate of drug-likeness (QED) is 0.489. The van der Waals surface area contributed by atoms with Crippen LogP contribution in [0, 0.1) is 11.7 Å². The van der Waals surface area contributed by atoms with Gasteiger partial charge in [-0.3, -0.25) is 14.4 Å². The first kappa shape index (κ1) is 27.3. The molecule has 2 aromatic rings. The zero-order valence-corrected chi connectivity index (χ0v) is 22.7. The lowest BCUT2D eigenvalue weighted by Gasteiger charge is -2.37. The van der Waals surface area contributed by atoms with E-state index < -0.39 is 11.9 Å². The molecule has 3 N–H and O–H groups in total. The number of aromatic nitrogens is 1. The van der Waals surface area contributed by atoms with Crippen LogP contribution in [0.2, 0.25) is 5.02 Å². The fourth-order valence-corrected chi connectivity index (χ4v) is 6.06. The second kappa shape index (κ2) is 11.7. The minimum Gasteiger partial charge on any atom is -0.374 e. The van der Waals surface area contributed by atoms with Gasteiger partial charge in [-0.15, -0.1) is 11.3 Å². The minimum atomic E-state index is -0.550. The molecule has 12 heteroatoms. The van der Waals surface area contributed by atoms with Gasteiger partial charge in [0.15, 0.2) is 5.01 Å². The zero-order chi connectivity index (χ0) is 26.7. The largest absolute Gasteiger partial charge is 0.374 e. The smallest absolute Gasteiger partial charge is 0.280 e. The molecule has 0 spiro atoms. The maximum absolute atomic E-state index is 14.0. The van der Waals surface area contributed by atoms with Gasteiger partial charge in [0.25, 0.3) is 5.91 Å². The monoisotopic (exact) mass is 550 g/mol. The molecular formula is C25H32ClFN6O3S. The van der Waals surface area contributed by atoms with Crippen molar-refractivity contribution in [3.8, 4) is 0 Å². The Hall–Kier alpha value is -2.76. The second-order valence-electron chi connectivity index (χ2n) is 9.85. The van der Waals surface area contributed by atoms with Crippen LogP contribution in [0.1, 0.15) is 39.6 Å². The van der Waals surface area contributed by atoms with Gasteiger partial charge in [0.1, 0.15) is 5.82 Å². The predicted molar refractivity (Wildman–Crippen MR) is 141 cm³/mol. The van der Waals surface area contributed by atoms with E-state index in [4.69, 9.17) is 11.6 Å². The molecule has 0 radical (unpaired) electrons. The lowest BCUT2D eigenvalue weighted by Crippen LogP contribution is -2.56. The van der Waals surface area contributed by atoms with Crippen LogP contribution < -0.4 is 16.0 Å². The maximum Gasteiger partial charge on any atom is 0.280 e. The molecule has 0 saturated heterocycles. The third-order valence-corrected chi connectivity index (χ3v) is 8.11. The maximum atomic E-state index is 14.0. The predicted octanol–water partition coefficient (Wildman–Crippen LogP) is 2.51. The Kier molecular flexibility index (Phi) is 8.66. The highest BCUT2D eigenvalue weighted by molar-refractivity contribution is 7.13. The number of amides is 3. The normalized spacial score (nSPS) is 21.6. The minimum absolute atomic E-state index is 0.00310. The van der Waals surface area contributed by atoms with Crippen molar-refractivity contribution in [3.63, 3.8) is 0 Å². The number of benzene rings is 1. The highest BCUT2D eigenvalue weighted by Gasteiger charge is 2.37.